The summed E-state index contributed by atoms with van der Waals surface area (Å²) in [5.41, 5.74) is 0. The second kappa shape index (κ2) is 3.41. The zero-order valence-corrected chi connectivity index (χ0v) is 5.76. The Balaban J connectivity index is 2.07. The molecule has 1 aliphatic rings. The molecular weight excluding hydrogens is 132 g/mol. The normalized spacial score (nSPS) is 24.6. The molecular formula is C6H12N2O2. The van der Waals surface area contributed by atoms with Crippen LogP contribution in [0.1, 0.15) is 6.42 Å². The highest BCUT2D eigenvalue weighted by Crippen LogP contribution is 2.04. The van der Waals surface area contributed by atoms with Crippen molar-refractivity contribution in [3.8, 4) is 0 Å². The molecule has 1 fully saturated rings. The number of hydrogen-bond acceptors (Lipinski definition) is 2. The van der Waals surface area contributed by atoms with Crippen LogP contribution in [0.5, 0.6) is 0 Å². The molecule has 0 aromatic rings. The molecule has 4 nitrogen and oxygen atoms in total. The average Bonchev–Trinajstić information content (AvgIpc) is 2.34. The monoisotopic (exact) mass is 144 g/mol. The summed E-state index contributed by atoms with van der Waals surface area (Å²) in [5.74, 6) is 0.496. The highest BCUT2D eigenvalue weighted by atomic mass is 16.4. The Kier molecular flexibility index (Phi) is 2.50. The van der Waals surface area contributed by atoms with Gasteiger partial charge in [-0.2, -0.15) is 0 Å². The second-order valence-corrected chi connectivity index (χ2v) is 2.54. The van der Waals surface area contributed by atoms with Crippen molar-refractivity contribution in [3.63, 3.8) is 0 Å². The molecule has 0 saturated carbocycles. The van der Waals surface area contributed by atoms with E-state index in [9.17, 15) is 4.79 Å². The Hall–Kier alpha value is -0.770. The number of nitrogens with one attached hydrogen (secondary N) is 2. The van der Waals surface area contributed by atoms with Gasteiger partial charge in [-0.05, 0) is 25.4 Å². The average molecular weight is 144 g/mol. The molecule has 10 heavy (non-hydrogen) atoms. The molecule has 58 valence electrons. The number of carbonyl (C=O) groups is 1. The van der Waals surface area contributed by atoms with Gasteiger partial charge >= 0.3 is 6.09 Å². The Morgan fingerprint density at radius 2 is 2.60 bits per heavy atom. The molecule has 0 aliphatic carbocycles. The number of rotatable bonds is 2. The van der Waals surface area contributed by atoms with Gasteiger partial charge in [0.15, 0.2) is 0 Å². The van der Waals surface area contributed by atoms with Crippen molar-refractivity contribution in [1.29, 1.82) is 0 Å². The van der Waals surface area contributed by atoms with Gasteiger partial charge in [-0.3, -0.25) is 0 Å². The SMILES string of the molecule is O=C(O)NCC1CCNC1. The fourth-order valence-corrected chi connectivity index (χ4v) is 1.12. The summed E-state index contributed by atoms with van der Waals surface area (Å²) in [6, 6.07) is 0. The zero-order valence-electron chi connectivity index (χ0n) is 5.76. The number of hydrogen-bond donors (Lipinski definition) is 3. The van der Waals surface area contributed by atoms with Crippen molar-refractivity contribution in [2.45, 2.75) is 6.42 Å². The van der Waals surface area contributed by atoms with Crippen LogP contribution in [0, 0.1) is 5.92 Å². The molecule has 1 rings (SSSR count). The van der Waals surface area contributed by atoms with Crippen LogP contribution in [-0.4, -0.2) is 30.8 Å². The van der Waals surface area contributed by atoms with Crippen molar-refractivity contribution in [3.05, 3.63) is 0 Å². The topological polar surface area (TPSA) is 61.4 Å². The predicted molar refractivity (Wildman–Crippen MR) is 37.0 cm³/mol. The third-order valence-electron chi connectivity index (χ3n) is 1.70. The van der Waals surface area contributed by atoms with Gasteiger partial charge in [0.05, 0.1) is 0 Å². The van der Waals surface area contributed by atoms with E-state index in [4.69, 9.17) is 5.11 Å². The minimum absolute atomic E-state index is 0.496. The van der Waals surface area contributed by atoms with E-state index < -0.39 is 6.09 Å². The van der Waals surface area contributed by atoms with E-state index in [-0.39, 0.29) is 0 Å². The Morgan fingerprint density at radius 1 is 1.80 bits per heavy atom. The second-order valence-electron chi connectivity index (χ2n) is 2.54. The molecule has 0 aromatic carbocycles. The van der Waals surface area contributed by atoms with Gasteiger partial charge in [-0.25, -0.2) is 4.79 Å². The van der Waals surface area contributed by atoms with E-state index in [1.54, 1.807) is 0 Å². The van der Waals surface area contributed by atoms with Crippen LogP contribution in [0.3, 0.4) is 0 Å². The molecule has 0 spiro atoms. The maximum Gasteiger partial charge on any atom is 0.404 e. The molecule has 0 radical (unpaired) electrons. The quantitative estimate of drug-likeness (QED) is 0.505. The summed E-state index contributed by atoms with van der Waals surface area (Å²) in [4.78, 5) is 10.0. The Bertz CT molecular complexity index is 121. The highest BCUT2D eigenvalue weighted by molar-refractivity contribution is 5.64. The van der Waals surface area contributed by atoms with Crippen molar-refractivity contribution < 1.29 is 9.90 Å². The highest BCUT2D eigenvalue weighted by Gasteiger charge is 2.14. The van der Waals surface area contributed by atoms with E-state index in [0.717, 1.165) is 19.5 Å². The summed E-state index contributed by atoms with van der Waals surface area (Å²) < 4.78 is 0. The summed E-state index contributed by atoms with van der Waals surface area (Å²) in [7, 11) is 0. The molecule has 1 amide bonds. The first-order valence-corrected chi connectivity index (χ1v) is 3.46. The lowest BCUT2D eigenvalue weighted by Gasteiger charge is -2.05. The fraction of sp³-hybridized carbons (Fsp3) is 0.833. The van der Waals surface area contributed by atoms with Gasteiger partial charge in [-0.1, -0.05) is 0 Å². The van der Waals surface area contributed by atoms with Gasteiger partial charge in [0.1, 0.15) is 0 Å². The Labute approximate surface area is 59.6 Å². The molecule has 3 N–H and O–H groups in total. The van der Waals surface area contributed by atoms with E-state index in [1.807, 2.05) is 0 Å². The van der Waals surface area contributed by atoms with Crippen LogP contribution in [-0.2, 0) is 0 Å². The number of amides is 1. The van der Waals surface area contributed by atoms with Crippen molar-refractivity contribution >= 4 is 6.09 Å². The molecule has 1 saturated heterocycles. The van der Waals surface area contributed by atoms with Gasteiger partial charge in [0.25, 0.3) is 0 Å². The van der Waals surface area contributed by atoms with Gasteiger partial charge in [-0.15, -0.1) is 0 Å². The lowest BCUT2D eigenvalue weighted by molar-refractivity contribution is 0.192. The van der Waals surface area contributed by atoms with Crippen LogP contribution >= 0.6 is 0 Å². The molecule has 1 heterocycles. The molecule has 1 unspecified atom stereocenters. The lowest BCUT2D eigenvalue weighted by Crippen LogP contribution is -2.28. The molecule has 0 aromatic heterocycles. The molecule has 1 aliphatic heterocycles. The Morgan fingerprint density at radius 3 is 3.10 bits per heavy atom. The minimum Gasteiger partial charge on any atom is -0.465 e. The maximum absolute atomic E-state index is 10.0. The van der Waals surface area contributed by atoms with E-state index in [2.05, 4.69) is 10.6 Å². The third-order valence-corrected chi connectivity index (χ3v) is 1.70. The lowest BCUT2D eigenvalue weighted by atomic mass is 10.1. The first-order chi connectivity index (χ1) is 4.79. The van der Waals surface area contributed by atoms with E-state index >= 15 is 0 Å². The molecule has 4 heteroatoms. The van der Waals surface area contributed by atoms with Crippen LogP contribution in [0.4, 0.5) is 4.79 Å². The third kappa shape index (κ3) is 2.23. The largest absolute Gasteiger partial charge is 0.465 e. The summed E-state index contributed by atoms with van der Waals surface area (Å²) >= 11 is 0. The maximum atomic E-state index is 10.0. The van der Waals surface area contributed by atoms with Crippen LogP contribution in [0.15, 0.2) is 0 Å². The fourth-order valence-electron chi connectivity index (χ4n) is 1.12. The summed E-state index contributed by atoms with van der Waals surface area (Å²) in [6.07, 6.45) is 0.159. The summed E-state index contributed by atoms with van der Waals surface area (Å²) in [6.45, 7) is 2.55. The van der Waals surface area contributed by atoms with Gasteiger partial charge < -0.3 is 15.7 Å². The van der Waals surface area contributed by atoms with Crippen molar-refractivity contribution in [1.82, 2.24) is 10.6 Å². The molecule has 0 bridgehead atoms. The standard InChI is InChI=1S/C6H12N2O2/c9-6(10)8-4-5-1-2-7-3-5/h5,7-8H,1-4H2,(H,9,10). The molecule has 1 atom stereocenters. The first kappa shape index (κ1) is 7.34. The van der Waals surface area contributed by atoms with Gasteiger partial charge in [0.2, 0.25) is 0 Å². The predicted octanol–water partition coefficient (Wildman–Crippen LogP) is -0.137. The van der Waals surface area contributed by atoms with Crippen molar-refractivity contribution in [2.24, 2.45) is 5.92 Å². The van der Waals surface area contributed by atoms with E-state index in [0.29, 0.717) is 12.5 Å². The van der Waals surface area contributed by atoms with E-state index in [1.165, 1.54) is 0 Å². The van der Waals surface area contributed by atoms with Gasteiger partial charge in [0, 0.05) is 6.54 Å². The van der Waals surface area contributed by atoms with Crippen LogP contribution in [0.2, 0.25) is 0 Å². The van der Waals surface area contributed by atoms with Crippen LogP contribution < -0.4 is 10.6 Å². The summed E-state index contributed by atoms with van der Waals surface area (Å²) in [5, 5.41) is 13.8. The number of carboxylic acid groups (broad SMARTS) is 1. The van der Waals surface area contributed by atoms with Crippen LogP contribution in [0.25, 0.3) is 0 Å². The zero-order chi connectivity index (χ0) is 7.40. The first-order valence-electron chi connectivity index (χ1n) is 3.46. The minimum atomic E-state index is -0.924. The smallest absolute Gasteiger partial charge is 0.404 e. The van der Waals surface area contributed by atoms with Crippen molar-refractivity contribution in [2.75, 3.05) is 19.6 Å².